The van der Waals surface area contributed by atoms with Crippen LogP contribution in [-0.2, 0) is 0 Å². The summed E-state index contributed by atoms with van der Waals surface area (Å²) in [5.41, 5.74) is 1.61. The van der Waals surface area contributed by atoms with E-state index in [0.717, 1.165) is 10.6 Å². The van der Waals surface area contributed by atoms with Crippen molar-refractivity contribution in [2.24, 2.45) is 0 Å². The molecule has 1 N–H and O–H groups in total. The maximum absolute atomic E-state index is 13.3. The third-order valence-electron chi connectivity index (χ3n) is 4.13. The normalized spacial score (nSPS) is 10.9. The smallest absolute Gasteiger partial charge is 0.336 e. The van der Waals surface area contributed by atoms with E-state index in [1.54, 1.807) is 34.2 Å². The number of halogens is 1. The van der Waals surface area contributed by atoms with Crippen molar-refractivity contribution in [2.45, 2.75) is 20.0 Å². The van der Waals surface area contributed by atoms with Crippen molar-refractivity contribution in [1.29, 1.82) is 0 Å². The first kappa shape index (κ1) is 19.8. The zero-order valence-corrected chi connectivity index (χ0v) is 17.2. The second-order valence-electron chi connectivity index (χ2n) is 6.79. The number of aromatic nitrogens is 3. The average molecular weight is 422 g/mol. The van der Waals surface area contributed by atoms with E-state index in [1.165, 1.54) is 18.2 Å². The molecule has 4 aromatic rings. The van der Waals surface area contributed by atoms with E-state index in [1.807, 2.05) is 43.5 Å². The fraction of sp³-hybridized carbons (Fsp3) is 0.136. The number of carbonyl (C=O) groups is 1. The molecule has 30 heavy (non-hydrogen) atoms. The van der Waals surface area contributed by atoms with Gasteiger partial charge in [0.25, 0.3) is 5.91 Å². The molecule has 0 aliphatic rings. The van der Waals surface area contributed by atoms with Crippen LogP contribution in [-0.4, -0.2) is 26.8 Å². The van der Waals surface area contributed by atoms with Crippen LogP contribution in [0.25, 0.3) is 16.4 Å². The minimum atomic E-state index is -0.454. The number of amides is 1. The Balaban J connectivity index is 1.59. The second-order valence-corrected chi connectivity index (χ2v) is 7.73. The van der Waals surface area contributed by atoms with E-state index >= 15 is 0 Å². The fourth-order valence-electron chi connectivity index (χ4n) is 2.82. The second kappa shape index (κ2) is 8.46. The molecule has 0 atom stereocenters. The SMILES string of the molecule is CC(C)Oc1nc(-c2cccs2)n(-c2ccc(NC(=O)c3cccc(F)c3)cc2)n1. The predicted molar refractivity (Wildman–Crippen MR) is 115 cm³/mol. The molecule has 0 aliphatic carbocycles. The van der Waals surface area contributed by atoms with Crippen LogP contribution in [0.4, 0.5) is 10.1 Å². The standard InChI is InChI=1S/C22H19FN4O2S/c1-14(2)29-22-25-20(19-7-4-12-30-19)27(26-22)18-10-8-17(9-11-18)24-21(28)15-5-3-6-16(23)13-15/h3-14H,1-2H3,(H,24,28). The fourth-order valence-corrected chi connectivity index (χ4v) is 3.52. The van der Waals surface area contributed by atoms with Crippen LogP contribution >= 0.6 is 11.3 Å². The Morgan fingerprint density at radius 2 is 1.93 bits per heavy atom. The molecule has 0 radical (unpaired) electrons. The van der Waals surface area contributed by atoms with E-state index in [2.05, 4.69) is 15.4 Å². The summed E-state index contributed by atoms with van der Waals surface area (Å²) < 4.78 is 20.7. The maximum atomic E-state index is 13.3. The molecule has 0 saturated heterocycles. The molecule has 0 saturated carbocycles. The lowest BCUT2D eigenvalue weighted by Crippen LogP contribution is -2.12. The number of hydrogen-bond acceptors (Lipinski definition) is 5. The molecule has 1 amide bonds. The topological polar surface area (TPSA) is 69.0 Å². The van der Waals surface area contributed by atoms with Gasteiger partial charge < -0.3 is 10.1 Å². The van der Waals surface area contributed by atoms with Crippen molar-refractivity contribution in [1.82, 2.24) is 14.8 Å². The summed E-state index contributed by atoms with van der Waals surface area (Å²) in [5.74, 6) is -0.156. The summed E-state index contributed by atoms with van der Waals surface area (Å²) in [4.78, 5) is 17.8. The van der Waals surface area contributed by atoms with Gasteiger partial charge in [-0.3, -0.25) is 4.79 Å². The van der Waals surface area contributed by atoms with Gasteiger partial charge >= 0.3 is 6.01 Å². The Morgan fingerprint density at radius 3 is 2.60 bits per heavy atom. The average Bonchev–Trinajstić information content (AvgIpc) is 3.38. The van der Waals surface area contributed by atoms with E-state index in [-0.39, 0.29) is 17.6 Å². The number of hydrogen-bond donors (Lipinski definition) is 1. The quantitative estimate of drug-likeness (QED) is 0.465. The molecular formula is C22H19FN4O2S. The Bertz CT molecular complexity index is 1150. The Morgan fingerprint density at radius 1 is 1.13 bits per heavy atom. The molecule has 0 spiro atoms. The molecule has 2 aromatic heterocycles. The number of benzene rings is 2. The highest BCUT2D eigenvalue weighted by molar-refractivity contribution is 7.13. The van der Waals surface area contributed by atoms with Gasteiger partial charge in [-0.25, -0.2) is 9.07 Å². The number of ether oxygens (including phenoxy) is 1. The van der Waals surface area contributed by atoms with Crippen LogP contribution < -0.4 is 10.1 Å². The summed E-state index contributed by atoms with van der Waals surface area (Å²) in [6.45, 7) is 3.84. The van der Waals surface area contributed by atoms with Crippen molar-refractivity contribution >= 4 is 22.9 Å². The van der Waals surface area contributed by atoms with Crippen LogP contribution in [0.2, 0.25) is 0 Å². The minimum absolute atomic E-state index is 0.0440. The van der Waals surface area contributed by atoms with Gasteiger partial charge in [-0.05, 0) is 67.8 Å². The van der Waals surface area contributed by atoms with Crippen LogP contribution in [0.3, 0.4) is 0 Å². The highest BCUT2D eigenvalue weighted by Gasteiger charge is 2.16. The van der Waals surface area contributed by atoms with Gasteiger partial charge in [-0.2, -0.15) is 4.98 Å². The molecule has 2 aromatic carbocycles. The van der Waals surface area contributed by atoms with Crippen molar-refractivity contribution in [3.63, 3.8) is 0 Å². The Hall–Kier alpha value is -3.52. The van der Waals surface area contributed by atoms with Crippen LogP contribution in [0.5, 0.6) is 6.01 Å². The van der Waals surface area contributed by atoms with Gasteiger partial charge in [0.05, 0.1) is 16.7 Å². The minimum Gasteiger partial charge on any atom is -0.460 e. The van der Waals surface area contributed by atoms with Crippen LogP contribution in [0, 0.1) is 5.82 Å². The first-order valence-electron chi connectivity index (χ1n) is 9.34. The van der Waals surface area contributed by atoms with Crippen molar-refractivity contribution in [3.8, 4) is 22.4 Å². The highest BCUT2D eigenvalue weighted by Crippen LogP contribution is 2.28. The summed E-state index contributed by atoms with van der Waals surface area (Å²) in [7, 11) is 0. The molecular weight excluding hydrogens is 403 g/mol. The zero-order chi connectivity index (χ0) is 21.1. The number of thiophene rings is 1. The lowest BCUT2D eigenvalue weighted by molar-refractivity contribution is 0.102. The summed E-state index contributed by atoms with van der Waals surface area (Å²) in [5, 5.41) is 9.22. The lowest BCUT2D eigenvalue weighted by atomic mass is 10.2. The highest BCUT2D eigenvalue weighted by atomic mass is 32.1. The Kier molecular flexibility index (Phi) is 5.58. The summed E-state index contributed by atoms with van der Waals surface area (Å²) in [6, 6.07) is 17.0. The molecule has 152 valence electrons. The van der Waals surface area contributed by atoms with E-state index in [0.29, 0.717) is 17.5 Å². The first-order chi connectivity index (χ1) is 14.5. The Labute approximate surface area is 177 Å². The third-order valence-corrected chi connectivity index (χ3v) is 4.99. The van der Waals surface area contributed by atoms with Gasteiger partial charge in [-0.1, -0.05) is 12.1 Å². The monoisotopic (exact) mass is 422 g/mol. The van der Waals surface area contributed by atoms with Crippen molar-refractivity contribution in [3.05, 3.63) is 77.4 Å². The molecule has 4 rings (SSSR count). The third kappa shape index (κ3) is 4.38. The zero-order valence-electron chi connectivity index (χ0n) is 16.4. The predicted octanol–water partition coefficient (Wildman–Crippen LogP) is 5.17. The van der Waals surface area contributed by atoms with E-state index in [4.69, 9.17) is 4.74 Å². The lowest BCUT2D eigenvalue weighted by Gasteiger charge is -2.08. The molecule has 0 bridgehead atoms. The number of rotatable bonds is 6. The number of nitrogens with one attached hydrogen (secondary N) is 1. The molecule has 0 unspecified atom stereocenters. The number of carbonyl (C=O) groups excluding carboxylic acids is 1. The van der Waals surface area contributed by atoms with Gasteiger partial charge in [0.1, 0.15) is 5.82 Å². The number of nitrogens with zero attached hydrogens (tertiary/aromatic N) is 3. The molecule has 6 nitrogen and oxygen atoms in total. The maximum Gasteiger partial charge on any atom is 0.336 e. The van der Waals surface area contributed by atoms with Crippen molar-refractivity contribution < 1.29 is 13.9 Å². The van der Waals surface area contributed by atoms with E-state index in [9.17, 15) is 9.18 Å². The van der Waals surface area contributed by atoms with Crippen LogP contribution in [0.15, 0.2) is 66.0 Å². The van der Waals surface area contributed by atoms with Gasteiger partial charge in [-0.15, -0.1) is 16.4 Å². The van der Waals surface area contributed by atoms with Gasteiger partial charge in [0.15, 0.2) is 5.82 Å². The molecule has 0 aliphatic heterocycles. The molecule has 0 fully saturated rings. The summed E-state index contributed by atoms with van der Waals surface area (Å²) in [6.07, 6.45) is -0.0440. The molecule has 2 heterocycles. The largest absolute Gasteiger partial charge is 0.460 e. The van der Waals surface area contributed by atoms with Crippen molar-refractivity contribution in [2.75, 3.05) is 5.32 Å². The van der Waals surface area contributed by atoms with E-state index < -0.39 is 5.82 Å². The van der Waals surface area contributed by atoms with Gasteiger partial charge in [0.2, 0.25) is 0 Å². The summed E-state index contributed by atoms with van der Waals surface area (Å²) >= 11 is 1.56. The first-order valence-corrected chi connectivity index (χ1v) is 10.2. The molecule has 8 heteroatoms. The van der Waals surface area contributed by atoms with Gasteiger partial charge in [0, 0.05) is 11.3 Å². The van der Waals surface area contributed by atoms with Crippen LogP contribution in [0.1, 0.15) is 24.2 Å². The number of anilines is 1.